The van der Waals surface area contributed by atoms with Crippen LogP contribution in [0.25, 0.3) is 11.3 Å². The van der Waals surface area contributed by atoms with Gasteiger partial charge in [-0.25, -0.2) is 15.2 Å². The van der Waals surface area contributed by atoms with Crippen LogP contribution in [-0.4, -0.2) is 85.7 Å². The number of imide groups is 1. The molecule has 1 aromatic heterocycles. The monoisotopic (exact) mass is 686 g/mol. The van der Waals surface area contributed by atoms with Crippen LogP contribution < -0.4 is 37.2 Å². The van der Waals surface area contributed by atoms with E-state index in [4.69, 9.17) is 21.1 Å². The number of nitrogen functional groups attached to an aromatic ring is 1. The summed E-state index contributed by atoms with van der Waals surface area (Å²) in [5.41, 5.74) is 7.52. The van der Waals surface area contributed by atoms with Gasteiger partial charge in [0.25, 0.3) is 17.7 Å². The van der Waals surface area contributed by atoms with Gasteiger partial charge in [0, 0.05) is 54.9 Å². The molecule has 2 aromatic carbocycles. The third kappa shape index (κ3) is 8.34. The molecule has 0 saturated carbocycles. The van der Waals surface area contributed by atoms with Crippen LogP contribution in [0.2, 0.25) is 0 Å². The first-order chi connectivity index (χ1) is 23.1. The molecule has 3 aromatic rings. The van der Waals surface area contributed by atoms with Gasteiger partial charge in [-0.3, -0.25) is 29.5 Å². The molecule has 14 nitrogen and oxygen atoms in total. The molecule has 5 rings (SSSR count). The Balaban J connectivity index is 1.07. The largest absolute Gasteiger partial charge is 0.480 e. The molecule has 2 saturated heterocycles. The number of carbonyl (C=O) groups excluding carboxylic acids is 4. The van der Waals surface area contributed by atoms with Crippen LogP contribution in [0.15, 0.2) is 35.7 Å². The van der Waals surface area contributed by atoms with Crippen molar-refractivity contribution < 1.29 is 37.4 Å². The Morgan fingerprint density at radius 2 is 1.92 bits per heavy atom. The second-order valence-electron chi connectivity index (χ2n) is 11.1. The molecule has 7 N–H and O–H groups in total. The number of benzene rings is 2. The van der Waals surface area contributed by atoms with Gasteiger partial charge in [-0.2, -0.15) is 4.39 Å². The fraction of sp³-hybridized carbons (Fsp3) is 0.387. The maximum Gasteiger partial charge on any atom is 0.270 e. The van der Waals surface area contributed by atoms with Crippen LogP contribution in [-0.2, 0) is 19.1 Å². The van der Waals surface area contributed by atoms with Crippen LogP contribution in [0, 0.1) is 11.6 Å². The number of carbonyl (C=O) groups is 4. The van der Waals surface area contributed by atoms with Gasteiger partial charge in [-0.1, -0.05) is 0 Å². The van der Waals surface area contributed by atoms with E-state index in [1.54, 1.807) is 17.5 Å². The van der Waals surface area contributed by atoms with Gasteiger partial charge >= 0.3 is 0 Å². The minimum absolute atomic E-state index is 0.0679. The number of hydrazine groups is 1. The van der Waals surface area contributed by atoms with Gasteiger partial charge in [-0.15, -0.1) is 11.3 Å². The number of amides is 4. The van der Waals surface area contributed by atoms with E-state index in [1.807, 2.05) is 0 Å². The number of nitrogens with zero attached hydrogens (tertiary/aromatic N) is 3. The molecular formula is C31H36F2N8O6S. The molecule has 17 heteroatoms. The van der Waals surface area contributed by atoms with Crippen molar-refractivity contribution in [2.45, 2.75) is 31.7 Å². The van der Waals surface area contributed by atoms with E-state index in [9.17, 15) is 28.0 Å². The molecule has 2 fully saturated rings. The van der Waals surface area contributed by atoms with Gasteiger partial charge in [0.15, 0.2) is 23.3 Å². The van der Waals surface area contributed by atoms with E-state index >= 15 is 0 Å². The Kier molecular flexibility index (Phi) is 11.4. The second kappa shape index (κ2) is 15.8. The smallest absolute Gasteiger partial charge is 0.270 e. The molecule has 3 heterocycles. The number of ether oxygens (including phenoxy) is 2. The van der Waals surface area contributed by atoms with Crippen LogP contribution in [0.4, 0.5) is 25.3 Å². The summed E-state index contributed by atoms with van der Waals surface area (Å²) in [7, 11) is 0. The lowest BCUT2D eigenvalue weighted by molar-refractivity contribution is -0.137. The molecule has 0 spiro atoms. The number of thiazole rings is 1. The summed E-state index contributed by atoms with van der Waals surface area (Å²) >= 11 is 1.37. The Hall–Kier alpha value is -4.87. The SMILES string of the molecule is Nc1ccc(NCCCCNC(=O)COc2c(-c3csc(N4CCOCC4)n3)ccc(F)c2F)cc1C(=O)N(N)C1CCC(=O)NC1=O. The molecule has 256 valence electrons. The highest BCUT2D eigenvalue weighted by atomic mass is 32.1. The van der Waals surface area contributed by atoms with Gasteiger partial charge in [-0.05, 0) is 49.6 Å². The molecular weight excluding hydrogens is 650 g/mol. The van der Waals surface area contributed by atoms with Crippen LogP contribution >= 0.6 is 11.3 Å². The first-order valence-electron chi connectivity index (χ1n) is 15.3. The number of rotatable bonds is 13. The number of unbranched alkanes of at least 4 members (excludes halogenated alkanes) is 1. The van der Waals surface area contributed by atoms with Crippen LogP contribution in [0.5, 0.6) is 5.75 Å². The molecule has 2 aliphatic heterocycles. The highest BCUT2D eigenvalue weighted by molar-refractivity contribution is 7.14. The van der Waals surface area contributed by atoms with Crippen LogP contribution in [0.3, 0.4) is 0 Å². The lowest BCUT2D eigenvalue weighted by Crippen LogP contribution is -2.57. The number of hydrogen-bond donors (Lipinski definition) is 5. The number of hydrogen-bond acceptors (Lipinski definition) is 12. The van der Waals surface area contributed by atoms with Crippen molar-refractivity contribution in [1.82, 2.24) is 20.6 Å². The van der Waals surface area contributed by atoms with Crippen molar-refractivity contribution in [3.05, 3.63) is 52.9 Å². The van der Waals surface area contributed by atoms with Crippen molar-refractivity contribution in [2.75, 3.05) is 62.0 Å². The summed E-state index contributed by atoms with van der Waals surface area (Å²) in [6.07, 6.45) is 1.39. The highest BCUT2D eigenvalue weighted by Crippen LogP contribution is 2.36. The number of nitrogens with two attached hydrogens (primary N) is 2. The Labute approximate surface area is 278 Å². The third-order valence-corrected chi connectivity index (χ3v) is 8.67. The lowest BCUT2D eigenvalue weighted by atomic mass is 10.0. The standard InChI is InChI=1S/C31H36F2N8O6S/c32-21-5-4-19(23-17-48-31(38-23)40-11-13-46-14-12-40)28(27(21)33)47-16-26(43)37-10-2-1-9-36-18-3-6-22(34)20(15-18)30(45)41(35)24-7-8-25(42)39-29(24)44/h3-6,15,17,24,36H,1-2,7-14,16,34-35H2,(H,37,43)(H,39,42,44). The van der Waals surface area contributed by atoms with Crippen molar-refractivity contribution in [1.29, 1.82) is 0 Å². The number of morpholine rings is 1. The fourth-order valence-corrected chi connectivity index (χ4v) is 6.02. The number of nitrogens with one attached hydrogen (secondary N) is 3. The van der Waals surface area contributed by atoms with Gasteiger partial charge < -0.3 is 30.7 Å². The maximum atomic E-state index is 14.8. The Morgan fingerprint density at radius 1 is 1.15 bits per heavy atom. The number of piperidine rings is 1. The Bertz CT molecular complexity index is 1670. The summed E-state index contributed by atoms with van der Waals surface area (Å²) < 4.78 is 39.7. The third-order valence-electron chi connectivity index (χ3n) is 7.77. The van der Waals surface area contributed by atoms with E-state index in [-0.39, 0.29) is 35.4 Å². The van der Waals surface area contributed by atoms with E-state index in [1.165, 1.54) is 23.5 Å². The first-order valence-corrected chi connectivity index (χ1v) is 16.2. The molecule has 2 aliphatic rings. The number of halogens is 2. The minimum Gasteiger partial charge on any atom is -0.480 e. The quantitative estimate of drug-likeness (QED) is 0.0441. The predicted molar refractivity (Wildman–Crippen MR) is 174 cm³/mol. The van der Waals surface area contributed by atoms with Crippen molar-refractivity contribution >= 4 is 51.5 Å². The first kappa shape index (κ1) is 34.5. The summed E-state index contributed by atoms with van der Waals surface area (Å²) in [5.74, 6) is 1.02. The number of aromatic nitrogens is 1. The lowest BCUT2D eigenvalue weighted by Gasteiger charge is -2.29. The normalized spacial score (nSPS) is 16.3. The number of anilines is 3. The summed E-state index contributed by atoms with van der Waals surface area (Å²) in [5, 5.41) is 11.3. The van der Waals surface area contributed by atoms with Gasteiger partial charge in [0.2, 0.25) is 11.7 Å². The van der Waals surface area contributed by atoms with Crippen LogP contribution in [0.1, 0.15) is 36.0 Å². The zero-order valence-electron chi connectivity index (χ0n) is 25.9. The second-order valence-corrected chi connectivity index (χ2v) is 11.9. The zero-order valence-corrected chi connectivity index (χ0v) is 26.7. The molecule has 0 aliphatic carbocycles. The molecule has 48 heavy (non-hydrogen) atoms. The molecule has 1 unspecified atom stereocenters. The van der Waals surface area contributed by atoms with Gasteiger partial charge in [0.1, 0.15) is 6.04 Å². The van der Waals surface area contributed by atoms with Gasteiger partial charge in [0.05, 0.1) is 24.5 Å². The summed E-state index contributed by atoms with van der Waals surface area (Å²) in [6, 6.07) is 6.13. The average molecular weight is 687 g/mol. The van der Waals surface area contributed by atoms with E-state index < -0.39 is 47.9 Å². The molecule has 4 amide bonds. The maximum absolute atomic E-state index is 14.8. The van der Waals surface area contributed by atoms with E-state index in [0.717, 1.165) is 16.2 Å². The minimum atomic E-state index is -1.20. The average Bonchev–Trinajstić information content (AvgIpc) is 3.57. The zero-order chi connectivity index (χ0) is 34.2. The topological polar surface area (TPSA) is 194 Å². The summed E-state index contributed by atoms with van der Waals surface area (Å²) in [6.45, 7) is 2.78. The van der Waals surface area contributed by atoms with E-state index in [0.29, 0.717) is 63.6 Å². The fourth-order valence-electron chi connectivity index (χ4n) is 5.14. The van der Waals surface area contributed by atoms with Crippen molar-refractivity contribution in [3.8, 4) is 17.0 Å². The van der Waals surface area contributed by atoms with Crippen molar-refractivity contribution in [2.24, 2.45) is 5.84 Å². The molecule has 0 radical (unpaired) electrons. The van der Waals surface area contributed by atoms with E-state index in [2.05, 4.69) is 25.8 Å². The predicted octanol–water partition coefficient (Wildman–Crippen LogP) is 2.02. The highest BCUT2D eigenvalue weighted by Gasteiger charge is 2.34. The molecule has 0 bridgehead atoms. The van der Waals surface area contributed by atoms with Crippen molar-refractivity contribution in [3.63, 3.8) is 0 Å². The molecule has 1 atom stereocenters. The Morgan fingerprint density at radius 3 is 2.69 bits per heavy atom. The summed E-state index contributed by atoms with van der Waals surface area (Å²) in [4.78, 5) is 55.6.